The minimum absolute atomic E-state index is 0.172. The van der Waals surface area contributed by atoms with Crippen molar-refractivity contribution >= 4 is 33.0 Å². The molecule has 1 aromatic rings. The molecule has 0 aliphatic carbocycles. The average molecular weight is 310 g/mol. The van der Waals surface area contributed by atoms with Gasteiger partial charge in [0, 0.05) is 13.1 Å². The van der Waals surface area contributed by atoms with E-state index in [0.29, 0.717) is 6.54 Å². The van der Waals surface area contributed by atoms with Crippen molar-refractivity contribution in [3.8, 4) is 0 Å². The van der Waals surface area contributed by atoms with Gasteiger partial charge in [-0.3, -0.25) is 0 Å². The van der Waals surface area contributed by atoms with Gasteiger partial charge in [-0.1, -0.05) is 29.4 Å². The van der Waals surface area contributed by atoms with Crippen molar-refractivity contribution in [2.24, 2.45) is 0 Å². The molecule has 0 aromatic carbocycles. The van der Waals surface area contributed by atoms with Gasteiger partial charge in [0.05, 0.1) is 6.20 Å². The van der Waals surface area contributed by atoms with Crippen molar-refractivity contribution in [1.29, 1.82) is 0 Å². The Hall–Kier alpha value is -0.210. The summed E-state index contributed by atoms with van der Waals surface area (Å²) in [5.41, 5.74) is 0. The number of rotatable bonds is 5. The third kappa shape index (κ3) is 3.89. The summed E-state index contributed by atoms with van der Waals surface area (Å²) in [6, 6.07) is 0. The van der Waals surface area contributed by atoms with Crippen molar-refractivity contribution in [1.82, 2.24) is 14.6 Å². The zero-order chi connectivity index (χ0) is 13.0. The van der Waals surface area contributed by atoms with Gasteiger partial charge >= 0.3 is 0 Å². The SMILES string of the molecule is O=S(=O)(NCCN1CCCCC1)c1cnc(Cl)s1. The molecule has 1 aromatic heterocycles. The molecule has 5 nitrogen and oxygen atoms in total. The van der Waals surface area contributed by atoms with E-state index in [1.54, 1.807) is 0 Å². The van der Waals surface area contributed by atoms with Crippen molar-refractivity contribution in [3.05, 3.63) is 10.7 Å². The Labute approximate surface area is 116 Å². The van der Waals surface area contributed by atoms with E-state index in [1.165, 1.54) is 25.5 Å². The molecule has 0 unspecified atom stereocenters. The third-order valence-corrected chi connectivity index (χ3v) is 5.93. The van der Waals surface area contributed by atoms with E-state index in [2.05, 4.69) is 14.6 Å². The number of hydrogen-bond donors (Lipinski definition) is 1. The molecule has 0 spiro atoms. The van der Waals surface area contributed by atoms with E-state index in [0.717, 1.165) is 31.0 Å². The number of piperidine rings is 1. The number of hydrogen-bond acceptors (Lipinski definition) is 5. The van der Waals surface area contributed by atoms with Crippen LogP contribution in [0.1, 0.15) is 19.3 Å². The molecule has 0 amide bonds. The van der Waals surface area contributed by atoms with E-state index >= 15 is 0 Å². The molecule has 18 heavy (non-hydrogen) atoms. The highest BCUT2D eigenvalue weighted by Crippen LogP contribution is 2.21. The topological polar surface area (TPSA) is 62.3 Å². The van der Waals surface area contributed by atoms with E-state index in [9.17, 15) is 8.42 Å². The Balaban J connectivity index is 1.82. The van der Waals surface area contributed by atoms with Crippen LogP contribution in [0.25, 0.3) is 0 Å². The number of nitrogens with one attached hydrogen (secondary N) is 1. The number of thiazole rings is 1. The fourth-order valence-electron chi connectivity index (χ4n) is 1.96. The van der Waals surface area contributed by atoms with Gasteiger partial charge in [-0.25, -0.2) is 18.1 Å². The minimum Gasteiger partial charge on any atom is -0.302 e. The van der Waals surface area contributed by atoms with Gasteiger partial charge in [0.1, 0.15) is 0 Å². The van der Waals surface area contributed by atoms with E-state index < -0.39 is 10.0 Å². The molecule has 1 aliphatic heterocycles. The van der Waals surface area contributed by atoms with Crippen molar-refractivity contribution in [2.75, 3.05) is 26.2 Å². The molecule has 0 atom stereocenters. The van der Waals surface area contributed by atoms with Gasteiger partial charge in [-0.05, 0) is 25.9 Å². The van der Waals surface area contributed by atoms with Gasteiger partial charge < -0.3 is 4.90 Å². The summed E-state index contributed by atoms with van der Waals surface area (Å²) in [4.78, 5) is 6.02. The number of sulfonamides is 1. The quantitative estimate of drug-likeness (QED) is 0.896. The zero-order valence-electron chi connectivity index (χ0n) is 9.93. The Morgan fingerprint density at radius 1 is 1.39 bits per heavy atom. The summed E-state index contributed by atoms with van der Waals surface area (Å²) in [6.07, 6.45) is 4.98. The van der Waals surface area contributed by atoms with Crippen LogP contribution >= 0.6 is 22.9 Å². The standard InChI is InChI=1S/C10H16ClN3O2S2/c11-10-12-8-9(17-10)18(15,16)13-4-7-14-5-2-1-3-6-14/h8,13H,1-7H2. The molecule has 0 radical (unpaired) electrons. The summed E-state index contributed by atoms with van der Waals surface area (Å²) >= 11 is 6.60. The fourth-order valence-corrected chi connectivity index (χ4v) is 4.31. The second-order valence-electron chi connectivity index (χ2n) is 4.23. The first kappa shape index (κ1) is 14.2. The van der Waals surface area contributed by atoms with E-state index in [1.807, 2.05) is 0 Å². The monoisotopic (exact) mass is 309 g/mol. The Bertz CT molecular complexity index is 483. The normalized spacial score (nSPS) is 18.1. The van der Waals surface area contributed by atoms with Crippen LogP contribution in [-0.4, -0.2) is 44.5 Å². The Morgan fingerprint density at radius 2 is 2.11 bits per heavy atom. The maximum Gasteiger partial charge on any atom is 0.251 e. The number of likely N-dealkylation sites (tertiary alicyclic amines) is 1. The predicted molar refractivity (Wildman–Crippen MR) is 72.6 cm³/mol. The van der Waals surface area contributed by atoms with Crippen molar-refractivity contribution < 1.29 is 8.42 Å². The predicted octanol–water partition coefficient (Wildman–Crippen LogP) is 1.56. The minimum atomic E-state index is -3.45. The van der Waals surface area contributed by atoms with Crippen LogP contribution in [0.2, 0.25) is 4.47 Å². The van der Waals surface area contributed by atoms with Crippen LogP contribution in [-0.2, 0) is 10.0 Å². The van der Waals surface area contributed by atoms with E-state index in [4.69, 9.17) is 11.6 Å². The second kappa shape index (κ2) is 6.29. The molecule has 102 valence electrons. The number of halogens is 1. The lowest BCUT2D eigenvalue weighted by Gasteiger charge is -2.26. The molecular formula is C10H16ClN3O2S2. The summed E-state index contributed by atoms with van der Waals surface area (Å²) in [5.74, 6) is 0. The molecular weight excluding hydrogens is 294 g/mol. The van der Waals surface area contributed by atoms with Crippen LogP contribution < -0.4 is 4.72 Å². The second-order valence-corrected chi connectivity index (χ2v) is 7.84. The van der Waals surface area contributed by atoms with Crippen LogP contribution in [0.4, 0.5) is 0 Å². The average Bonchev–Trinajstić information content (AvgIpc) is 2.78. The van der Waals surface area contributed by atoms with Gasteiger partial charge in [0.2, 0.25) is 0 Å². The van der Waals surface area contributed by atoms with Crippen LogP contribution in [0, 0.1) is 0 Å². The highest BCUT2D eigenvalue weighted by Gasteiger charge is 2.17. The molecule has 2 heterocycles. The van der Waals surface area contributed by atoms with Crippen LogP contribution in [0.15, 0.2) is 10.4 Å². The maximum absolute atomic E-state index is 11.9. The first-order valence-electron chi connectivity index (χ1n) is 5.91. The smallest absolute Gasteiger partial charge is 0.251 e. The van der Waals surface area contributed by atoms with Crippen molar-refractivity contribution in [2.45, 2.75) is 23.5 Å². The molecule has 1 aliphatic rings. The number of aromatic nitrogens is 1. The molecule has 1 N–H and O–H groups in total. The third-order valence-electron chi connectivity index (χ3n) is 2.89. The molecule has 1 saturated heterocycles. The molecule has 0 bridgehead atoms. The van der Waals surface area contributed by atoms with Gasteiger partial charge in [0.25, 0.3) is 10.0 Å². The summed E-state index contributed by atoms with van der Waals surface area (Å²) in [7, 11) is -3.45. The largest absolute Gasteiger partial charge is 0.302 e. The van der Waals surface area contributed by atoms with Gasteiger partial charge in [0.15, 0.2) is 8.68 Å². The first-order valence-corrected chi connectivity index (χ1v) is 8.59. The van der Waals surface area contributed by atoms with Crippen LogP contribution in [0.3, 0.4) is 0 Å². The molecule has 1 fully saturated rings. The van der Waals surface area contributed by atoms with Gasteiger partial charge in [-0.2, -0.15) is 0 Å². The molecule has 0 saturated carbocycles. The first-order chi connectivity index (χ1) is 8.58. The van der Waals surface area contributed by atoms with Crippen LogP contribution in [0.5, 0.6) is 0 Å². The summed E-state index contributed by atoms with van der Waals surface area (Å²) in [5, 5.41) is 0. The molecule has 8 heteroatoms. The molecule has 2 rings (SSSR count). The Morgan fingerprint density at radius 3 is 2.72 bits per heavy atom. The highest BCUT2D eigenvalue weighted by atomic mass is 35.5. The Kier molecular flexibility index (Phi) is 4.97. The summed E-state index contributed by atoms with van der Waals surface area (Å²) < 4.78 is 26.7. The lowest BCUT2D eigenvalue weighted by atomic mass is 10.1. The van der Waals surface area contributed by atoms with E-state index in [-0.39, 0.29) is 8.68 Å². The number of nitrogens with zero attached hydrogens (tertiary/aromatic N) is 2. The maximum atomic E-state index is 11.9. The lowest BCUT2D eigenvalue weighted by molar-refractivity contribution is 0.233. The zero-order valence-corrected chi connectivity index (χ0v) is 12.3. The fraction of sp³-hybridized carbons (Fsp3) is 0.700. The van der Waals surface area contributed by atoms with Gasteiger partial charge in [-0.15, -0.1) is 0 Å². The lowest BCUT2D eigenvalue weighted by Crippen LogP contribution is -2.37. The highest BCUT2D eigenvalue weighted by molar-refractivity contribution is 7.91. The summed E-state index contributed by atoms with van der Waals surface area (Å²) in [6.45, 7) is 3.31. The van der Waals surface area contributed by atoms with Crippen molar-refractivity contribution in [3.63, 3.8) is 0 Å².